The van der Waals surface area contributed by atoms with Gasteiger partial charge in [0.05, 0.1) is 17.4 Å². The van der Waals surface area contributed by atoms with Crippen molar-refractivity contribution < 1.29 is 27.9 Å². The lowest BCUT2D eigenvalue weighted by atomic mass is 10.1. The van der Waals surface area contributed by atoms with E-state index in [-0.39, 0.29) is 22.9 Å². The fraction of sp³-hybridized carbons (Fsp3) is 0.440. The summed E-state index contributed by atoms with van der Waals surface area (Å²) in [5.74, 6) is -0.742. The van der Waals surface area contributed by atoms with E-state index in [1.54, 1.807) is 36.4 Å². The third-order valence-corrected chi connectivity index (χ3v) is 8.81. The summed E-state index contributed by atoms with van der Waals surface area (Å²) in [6, 6.07) is 11.3. The van der Waals surface area contributed by atoms with E-state index in [4.69, 9.17) is 4.74 Å². The van der Waals surface area contributed by atoms with Gasteiger partial charge in [-0.15, -0.1) is 11.8 Å². The van der Waals surface area contributed by atoms with Crippen LogP contribution in [0.1, 0.15) is 17.5 Å². The Kier molecular flexibility index (Phi) is 9.77. The fourth-order valence-corrected chi connectivity index (χ4v) is 6.86. The van der Waals surface area contributed by atoms with Crippen LogP contribution in [-0.4, -0.2) is 85.6 Å². The largest absolute Gasteiger partial charge is 0.494 e. The van der Waals surface area contributed by atoms with Gasteiger partial charge in [0.15, 0.2) is 0 Å². The Morgan fingerprint density at radius 2 is 1.83 bits per heavy atom. The summed E-state index contributed by atoms with van der Waals surface area (Å²) in [6.07, 6.45) is 0.949. The lowest BCUT2D eigenvalue weighted by molar-refractivity contribution is -0.142. The third kappa shape index (κ3) is 7.45. The lowest BCUT2D eigenvalue weighted by Gasteiger charge is -2.24. The normalized spacial score (nSPS) is 17.2. The highest BCUT2D eigenvalue weighted by Crippen LogP contribution is 2.28. The van der Waals surface area contributed by atoms with Gasteiger partial charge in [-0.1, -0.05) is 29.8 Å². The molecule has 1 amide bonds. The molecule has 2 aromatic rings. The molecule has 0 aromatic heterocycles. The van der Waals surface area contributed by atoms with Crippen molar-refractivity contribution in [2.45, 2.75) is 36.7 Å². The molecule has 1 aliphatic rings. The Labute approximate surface area is 216 Å². The number of amides is 1. The van der Waals surface area contributed by atoms with Crippen LogP contribution in [0.4, 0.5) is 0 Å². The van der Waals surface area contributed by atoms with Crippen molar-refractivity contribution in [2.24, 2.45) is 0 Å². The Morgan fingerprint density at radius 3 is 2.44 bits per heavy atom. The fourth-order valence-electron chi connectivity index (χ4n) is 3.71. The minimum atomic E-state index is -3.90. The van der Waals surface area contributed by atoms with Crippen LogP contribution in [0, 0.1) is 6.92 Å². The van der Waals surface area contributed by atoms with E-state index in [2.05, 4.69) is 10.2 Å². The molecule has 11 heteroatoms. The first-order valence-corrected chi connectivity index (χ1v) is 14.2. The molecule has 0 radical (unpaired) electrons. The zero-order valence-electron chi connectivity index (χ0n) is 20.7. The number of hydrogen-bond donors (Lipinski definition) is 2. The van der Waals surface area contributed by atoms with Crippen LogP contribution in [0.25, 0.3) is 0 Å². The van der Waals surface area contributed by atoms with Gasteiger partial charge >= 0.3 is 5.97 Å². The molecule has 1 heterocycles. The van der Waals surface area contributed by atoms with Crippen molar-refractivity contribution in [1.82, 2.24) is 14.5 Å². The van der Waals surface area contributed by atoms with Gasteiger partial charge in [-0.05, 0) is 57.3 Å². The molecule has 3 rings (SSSR count). The van der Waals surface area contributed by atoms with Crippen molar-refractivity contribution in [3.8, 4) is 5.75 Å². The molecular weight excluding hydrogens is 502 g/mol. The molecule has 36 heavy (non-hydrogen) atoms. The van der Waals surface area contributed by atoms with Crippen LogP contribution in [-0.2, 0) is 26.0 Å². The number of thioether (sulfide) groups is 1. The summed E-state index contributed by atoms with van der Waals surface area (Å²) in [5, 5.41) is 12.3. The smallest absolute Gasteiger partial charge is 0.326 e. The van der Waals surface area contributed by atoms with E-state index in [1.807, 2.05) is 21.0 Å². The van der Waals surface area contributed by atoms with E-state index < -0.39 is 34.0 Å². The highest BCUT2D eigenvalue weighted by molar-refractivity contribution is 8.00. The number of nitrogens with one attached hydrogen (secondary N) is 1. The topological polar surface area (TPSA) is 116 Å². The monoisotopic (exact) mass is 535 g/mol. The second-order valence-corrected chi connectivity index (χ2v) is 11.9. The molecule has 9 nitrogen and oxygen atoms in total. The number of carbonyl (C=O) groups excluding carboxylic acids is 1. The highest BCUT2D eigenvalue weighted by Gasteiger charge is 2.41. The molecule has 1 saturated heterocycles. The van der Waals surface area contributed by atoms with E-state index in [1.165, 1.54) is 23.9 Å². The van der Waals surface area contributed by atoms with Crippen molar-refractivity contribution in [1.29, 1.82) is 0 Å². The number of aliphatic carboxylic acids is 1. The van der Waals surface area contributed by atoms with Gasteiger partial charge in [0.25, 0.3) is 0 Å². The molecule has 0 bridgehead atoms. The van der Waals surface area contributed by atoms with Gasteiger partial charge < -0.3 is 20.1 Å². The predicted molar refractivity (Wildman–Crippen MR) is 140 cm³/mol. The molecule has 196 valence electrons. The van der Waals surface area contributed by atoms with Crippen molar-refractivity contribution in [3.63, 3.8) is 0 Å². The van der Waals surface area contributed by atoms with Crippen molar-refractivity contribution in [3.05, 3.63) is 59.7 Å². The molecule has 0 saturated carbocycles. The number of sulfonamides is 1. The van der Waals surface area contributed by atoms with Crippen LogP contribution >= 0.6 is 11.8 Å². The maximum Gasteiger partial charge on any atom is 0.326 e. The van der Waals surface area contributed by atoms with Crippen LogP contribution in [0.3, 0.4) is 0 Å². The van der Waals surface area contributed by atoms with Crippen molar-refractivity contribution >= 4 is 33.7 Å². The van der Waals surface area contributed by atoms with E-state index in [0.29, 0.717) is 17.9 Å². The zero-order valence-corrected chi connectivity index (χ0v) is 22.3. The summed E-state index contributed by atoms with van der Waals surface area (Å²) in [6.45, 7) is 3.35. The number of aryl methyl sites for hydroxylation is 1. The van der Waals surface area contributed by atoms with Crippen LogP contribution in [0.15, 0.2) is 53.4 Å². The number of rotatable bonds is 12. The number of ether oxygens (including phenoxy) is 1. The summed E-state index contributed by atoms with van der Waals surface area (Å²) < 4.78 is 33.1. The molecule has 1 aliphatic heterocycles. The number of carbonyl (C=O) groups is 2. The maximum absolute atomic E-state index is 13.1. The molecule has 0 spiro atoms. The molecule has 2 atom stereocenters. The third-order valence-electron chi connectivity index (χ3n) is 5.77. The second-order valence-electron chi connectivity index (χ2n) is 8.97. The summed E-state index contributed by atoms with van der Waals surface area (Å²) in [5.41, 5.74) is 1.64. The zero-order chi connectivity index (χ0) is 26.3. The van der Waals surface area contributed by atoms with Gasteiger partial charge in [-0.2, -0.15) is 4.31 Å². The SMILES string of the molecule is Cc1ccc(S(=O)(=O)N2CSC[C@H]2C(=O)N[C@@H](Cc2ccc(OCCCN(C)C)cc2)C(=O)O)cc1. The summed E-state index contributed by atoms with van der Waals surface area (Å²) in [4.78, 5) is 27.1. The van der Waals surface area contributed by atoms with Gasteiger partial charge in [0.2, 0.25) is 15.9 Å². The number of carboxylic acids is 1. The van der Waals surface area contributed by atoms with Crippen LogP contribution in [0.5, 0.6) is 5.75 Å². The first kappa shape index (κ1) is 28.0. The summed E-state index contributed by atoms with van der Waals surface area (Å²) >= 11 is 1.32. The van der Waals surface area contributed by atoms with Gasteiger partial charge in [-0.25, -0.2) is 13.2 Å². The minimum Gasteiger partial charge on any atom is -0.494 e. The molecule has 0 aliphatic carbocycles. The number of hydrogen-bond acceptors (Lipinski definition) is 7. The van der Waals surface area contributed by atoms with Crippen LogP contribution in [0.2, 0.25) is 0 Å². The van der Waals surface area contributed by atoms with Crippen molar-refractivity contribution in [2.75, 3.05) is 38.9 Å². The Bertz CT molecular complexity index is 1140. The Hall–Kier alpha value is -2.60. The van der Waals surface area contributed by atoms with E-state index in [0.717, 1.165) is 22.8 Å². The first-order valence-electron chi connectivity index (χ1n) is 11.6. The molecule has 2 aromatic carbocycles. The van der Waals surface area contributed by atoms with Gasteiger partial charge in [0.1, 0.15) is 17.8 Å². The van der Waals surface area contributed by atoms with Gasteiger partial charge in [-0.3, -0.25) is 4.79 Å². The first-order chi connectivity index (χ1) is 17.1. The molecular formula is C25H33N3O6S2. The Balaban J connectivity index is 1.63. The van der Waals surface area contributed by atoms with E-state index in [9.17, 15) is 23.1 Å². The van der Waals surface area contributed by atoms with Crippen LogP contribution < -0.4 is 10.1 Å². The predicted octanol–water partition coefficient (Wildman–Crippen LogP) is 2.20. The lowest BCUT2D eigenvalue weighted by Crippen LogP contribution is -2.52. The number of nitrogens with zero attached hydrogens (tertiary/aromatic N) is 2. The number of benzene rings is 2. The molecule has 2 N–H and O–H groups in total. The average Bonchev–Trinajstić information content (AvgIpc) is 3.34. The average molecular weight is 536 g/mol. The standard InChI is InChI=1S/C25H33N3O6S2/c1-18-5-11-21(12-6-18)36(32,33)28-17-35-16-23(28)24(29)26-22(25(30)31)15-19-7-9-20(10-8-19)34-14-4-13-27(2)3/h5-12,22-23H,4,13-17H2,1-3H3,(H,26,29)(H,30,31)/t22-,23-/m0/s1. The maximum atomic E-state index is 13.1. The van der Waals surface area contributed by atoms with E-state index >= 15 is 0 Å². The summed E-state index contributed by atoms with van der Waals surface area (Å²) in [7, 11) is 0.101. The van der Waals surface area contributed by atoms with Gasteiger partial charge in [0, 0.05) is 18.7 Å². The second kappa shape index (κ2) is 12.6. The number of carboxylic acid groups (broad SMARTS) is 1. The highest BCUT2D eigenvalue weighted by atomic mass is 32.2. The minimum absolute atomic E-state index is 0.0621. The quantitative estimate of drug-likeness (QED) is 0.398. The Morgan fingerprint density at radius 1 is 1.17 bits per heavy atom. The molecule has 1 fully saturated rings. The molecule has 0 unspecified atom stereocenters.